The van der Waals surface area contributed by atoms with Gasteiger partial charge in [0.2, 0.25) is 0 Å². The summed E-state index contributed by atoms with van der Waals surface area (Å²) in [5.41, 5.74) is 3.04. The minimum Gasteiger partial charge on any atom is -0.444 e. The molecule has 1 unspecified atom stereocenters. The molecular weight excluding hydrogens is 392 g/mol. The molecule has 168 valence electrons. The average Bonchev–Trinajstić information content (AvgIpc) is 3.08. The Balaban J connectivity index is 1.68. The van der Waals surface area contributed by atoms with Crippen molar-refractivity contribution in [3.05, 3.63) is 47.3 Å². The van der Waals surface area contributed by atoms with E-state index in [-0.39, 0.29) is 17.9 Å². The zero-order chi connectivity index (χ0) is 22.8. The van der Waals surface area contributed by atoms with Crippen LogP contribution in [0.5, 0.6) is 0 Å². The Labute approximate surface area is 185 Å². The van der Waals surface area contributed by atoms with E-state index in [0.717, 1.165) is 36.3 Å². The van der Waals surface area contributed by atoms with Gasteiger partial charge in [-0.05, 0) is 65.0 Å². The van der Waals surface area contributed by atoms with Crippen molar-refractivity contribution in [1.29, 1.82) is 0 Å². The first kappa shape index (κ1) is 22.8. The number of carbonyl (C=O) groups excluding carboxylic acids is 2. The molecule has 0 spiro atoms. The Kier molecular flexibility index (Phi) is 6.72. The van der Waals surface area contributed by atoms with Crippen LogP contribution in [0.1, 0.15) is 55.2 Å². The average molecular weight is 427 g/mol. The molecule has 0 N–H and O–H groups in total. The van der Waals surface area contributed by atoms with Gasteiger partial charge >= 0.3 is 6.09 Å². The molecule has 7 nitrogen and oxygen atoms in total. The molecule has 2 aromatic rings. The van der Waals surface area contributed by atoms with Crippen LogP contribution in [0.15, 0.2) is 30.5 Å². The minimum absolute atomic E-state index is 0.00181. The highest BCUT2D eigenvalue weighted by atomic mass is 16.6. The lowest BCUT2D eigenvalue weighted by atomic mass is 9.97. The van der Waals surface area contributed by atoms with Gasteiger partial charge in [0.15, 0.2) is 0 Å². The SMILES string of the molecule is Cc1ccccc1-n1ncc(C(=O)N2CCCC(CN(C)C(=O)OC(C)(C)C)C2)c1C. The van der Waals surface area contributed by atoms with Crippen molar-refractivity contribution in [1.82, 2.24) is 19.6 Å². The number of para-hydroxylation sites is 1. The third kappa shape index (κ3) is 5.46. The van der Waals surface area contributed by atoms with Crippen LogP contribution in [0.25, 0.3) is 5.69 Å². The van der Waals surface area contributed by atoms with Gasteiger partial charge in [-0.1, -0.05) is 18.2 Å². The Bertz CT molecular complexity index is 945. The largest absolute Gasteiger partial charge is 0.444 e. The maximum absolute atomic E-state index is 13.3. The summed E-state index contributed by atoms with van der Waals surface area (Å²) >= 11 is 0. The molecule has 3 rings (SSSR count). The number of ether oxygens (including phenoxy) is 1. The van der Waals surface area contributed by atoms with Gasteiger partial charge in [0.25, 0.3) is 5.91 Å². The lowest BCUT2D eigenvalue weighted by Crippen LogP contribution is -2.45. The molecule has 7 heteroatoms. The Morgan fingerprint density at radius 1 is 1.23 bits per heavy atom. The van der Waals surface area contributed by atoms with Gasteiger partial charge in [0.1, 0.15) is 5.60 Å². The fraction of sp³-hybridized carbons (Fsp3) is 0.542. The number of amides is 2. The van der Waals surface area contributed by atoms with Crippen molar-refractivity contribution in [2.24, 2.45) is 5.92 Å². The van der Waals surface area contributed by atoms with Crippen molar-refractivity contribution >= 4 is 12.0 Å². The smallest absolute Gasteiger partial charge is 0.410 e. The second-order valence-corrected chi connectivity index (χ2v) is 9.46. The molecule has 1 aromatic heterocycles. The number of rotatable bonds is 4. The Morgan fingerprint density at radius 2 is 1.94 bits per heavy atom. The number of aromatic nitrogens is 2. The van der Waals surface area contributed by atoms with E-state index < -0.39 is 5.60 Å². The molecular formula is C24H34N4O3. The van der Waals surface area contributed by atoms with Crippen molar-refractivity contribution in [2.75, 3.05) is 26.7 Å². The van der Waals surface area contributed by atoms with Crippen molar-refractivity contribution in [3.8, 4) is 5.69 Å². The summed E-state index contributed by atoms with van der Waals surface area (Å²) in [6.07, 6.45) is 3.24. The van der Waals surface area contributed by atoms with E-state index in [1.807, 2.05) is 68.5 Å². The first-order valence-electron chi connectivity index (χ1n) is 10.9. The highest BCUT2D eigenvalue weighted by molar-refractivity contribution is 5.95. The summed E-state index contributed by atoms with van der Waals surface area (Å²) in [5.74, 6) is 0.226. The standard InChI is InChI=1S/C24H34N4O3/c1-17-10-7-8-12-21(17)28-18(2)20(14-25-28)22(29)27-13-9-11-19(16-27)15-26(6)23(30)31-24(3,4)5/h7-8,10,12,14,19H,9,11,13,15-16H2,1-6H3. The zero-order valence-electron chi connectivity index (χ0n) is 19.5. The van der Waals surface area contributed by atoms with Gasteiger partial charge in [-0.15, -0.1) is 0 Å². The van der Waals surface area contributed by atoms with Crippen LogP contribution in [0, 0.1) is 19.8 Å². The summed E-state index contributed by atoms with van der Waals surface area (Å²) in [4.78, 5) is 29.1. The molecule has 0 aliphatic carbocycles. The normalized spacial score (nSPS) is 16.8. The van der Waals surface area contributed by atoms with Crippen molar-refractivity contribution in [3.63, 3.8) is 0 Å². The highest BCUT2D eigenvalue weighted by Gasteiger charge is 2.29. The zero-order valence-corrected chi connectivity index (χ0v) is 19.5. The van der Waals surface area contributed by atoms with Crippen LogP contribution in [0.4, 0.5) is 4.79 Å². The molecule has 1 saturated heterocycles. The van der Waals surface area contributed by atoms with E-state index in [0.29, 0.717) is 18.7 Å². The van der Waals surface area contributed by atoms with Gasteiger partial charge < -0.3 is 14.5 Å². The number of piperidine rings is 1. The van der Waals surface area contributed by atoms with Gasteiger partial charge in [0.05, 0.1) is 23.1 Å². The van der Waals surface area contributed by atoms with E-state index in [4.69, 9.17) is 4.74 Å². The lowest BCUT2D eigenvalue weighted by Gasteiger charge is -2.35. The third-order valence-electron chi connectivity index (χ3n) is 5.63. The Morgan fingerprint density at radius 3 is 2.61 bits per heavy atom. The number of hydrogen-bond donors (Lipinski definition) is 0. The van der Waals surface area contributed by atoms with Crippen LogP contribution in [0.2, 0.25) is 0 Å². The predicted molar refractivity (Wildman–Crippen MR) is 121 cm³/mol. The molecule has 1 aliphatic heterocycles. The second kappa shape index (κ2) is 9.12. The van der Waals surface area contributed by atoms with Crippen LogP contribution in [-0.4, -0.2) is 63.9 Å². The first-order chi connectivity index (χ1) is 14.6. The number of likely N-dealkylation sites (tertiary alicyclic amines) is 1. The second-order valence-electron chi connectivity index (χ2n) is 9.46. The van der Waals surface area contributed by atoms with Crippen molar-refractivity contribution in [2.45, 2.75) is 53.1 Å². The fourth-order valence-corrected chi connectivity index (χ4v) is 4.03. The summed E-state index contributed by atoms with van der Waals surface area (Å²) in [6.45, 7) is 11.5. The summed E-state index contributed by atoms with van der Waals surface area (Å²) in [7, 11) is 1.76. The highest BCUT2D eigenvalue weighted by Crippen LogP contribution is 2.23. The third-order valence-corrected chi connectivity index (χ3v) is 5.63. The van der Waals surface area contributed by atoms with Crippen LogP contribution < -0.4 is 0 Å². The summed E-state index contributed by atoms with van der Waals surface area (Å²) in [6, 6.07) is 8.01. The molecule has 1 fully saturated rings. The van der Waals surface area contributed by atoms with Crippen LogP contribution in [-0.2, 0) is 4.74 Å². The number of aryl methyl sites for hydroxylation is 1. The minimum atomic E-state index is -0.519. The first-order valence-corrected chi connectivity index (χ1v) is 10.9. The van der Waals surface area contributed by atoms with Gasteiger partial charge in [-0.3, -0.25) is 4.79 Å². The monoisotopic (exact) mass is 426 g/mol. The van der Waals surface area contributed by atoms with Gasteiger partial charge in [0, 0.05) is 26.7 Å². The van der Waals surface area contributed by atoms with Gasteiger partial charge in [-0.25, -0.2) is 9.48 Å². The maximum atomic E-state index is 13.3. The molecule has 2 amide bonds. The van der Waals surface area contributed by atoms with E-state index in [1.165, 1.54) is 0 Å². The molecule has 0 bridgehead atoms. The van der Waals surface area contributed by atoms with E-state index in [1.54, 1.807) is 18.1 Å². The number of benzene rings is 1. The Hall–Kier alpha value is -2.83. The van der Waals surface area contributed by atoms with E-state index in [2.05, 4.69) is 5.10 Å². The van der Waals surface area contributed by atoms with Crippen molar-refractivity contribution < 1.29 is 14.3 Å². The number of hydrogen-bond acceptors (Lipinski definition) is 4. The lowest BCUT2D eigenvalue weighted by molar-refractivity contribution is 0.0244. The summed E-state index contributed by atoms with van der Waals surface area (Å²) < 4.78 is 7.28. The molecule has 1 aliphatic rings. The number of nitrogens with zero attached hydrogens (tertiary/aromatic N) is 4. The number of carbonyl (C=O) groups is 2. The van der Waals surface area contributed by atoms with Crippen LogP contribution in [0.3, 0.4) is 0 Å². The topological polar surface area (TPSA) is 67.7 Å². The fourth-order valence-electron chi connectivity index (χ4n) is 4.03. The molecule has 1 aromatic carbocycles. The molecule has 1 atom stereocenters. The predicted octanol–water partition coefficient (Wildman–Crippen LogP) is 4.21. The van der Waals surface area contributed by atoms with Gasteiger partial charge in [-0.2, -0.15) is 5.10 Å². The molecule has 2 heterocycles. The molecule has 0 radical (unpaired) electrons. The summed E-state index contributed by atoms with van der Waals surface area (Å²) in [5, 5.41) is 4.49. The molecule has 0 saturated carbocycles. The maximum Gasteiger partial charge on any atom is 0.410 e. The quantitative estimate of drug-likeness (QED) is 0.735. The van der Waals surface area contributed by atoms with E-state index >= 15 is 0 Å². The van der Waals surface area contributed by atoms with E-state index in [9.17, 15) is 9.59 Å². The molecule has 31 heavy (non-hydrogen) atoms. The van der Waals surface area contributed by atoms with Crippen LogP contribution >= 0.6 is 0 Å².